The summed E-state index contributed by atoms with van der Waals surface area (Å²) in [4.78, 5) is 59.8. The van der Waals surface area contributed by atoms with Gasteiger partial charge in [-0.2, -0.15) is 12.6 Å². The Morgan fingerprint density at radius 2 is 1.40 bits per heavy atom. The lowest BCUT2D eigenvalue weighted by Gasteiger charge is -2.27. The number of carboxylic acid groups (broad SMARTS) is 1. The molecule has 0 aliphatic heterocycles. The summed E-state index contributed by atoms with van der Waals surface area (Å²) in [6.07, 6.45) is -0.357. The smallest absolute Gasteiger partial charge is 0.327 e. The van der Waals surface area contributed by atoms with Gasteiger partial charge in [0.15, 0.2) is 0 Å². The van der Waals surface area contributed by atoms with E-state index < -0.39 is 53.8 Å². The SMILES string of the molecule is CC(C)C(N)C(=O)NC(C(=O)NC(CCC(N)=O)C(=O)NC(CS)C(=O)O)C(C)C. The summed E-state index contributed by atoms with van der Waals surface area (Å²) in [5.41, 5.74) is 10.9. The number of rotatable bonds is 13. The van der Waals surface area contributed by atoms with Crippen LogP contribution in [0.2, 0.25) is 0 Å². The van der Waals surface area contributed by atoms with Gasteiger partial charge in [0.2, 0.25) is 23.6 Å². The van der Waals surface area contributed by atoms with Crippen LogP contribution in [-0.4, -0.2) is 64.6 Å². The van der Waals surface area contributed by atoms with Crippen LogP contribution in [0, 0.1) is 11.8 Å². The lowest BCUT2D eigenvalue weighted by Crippen LogP contribution is -2.59. The number of thiol groups is 1. The van der Waals surface area contributed by atoms with Crippen molar-refractivity contribution in [3.05, 3.63) is 0 Å². The van der Waals surface area contributed by atoms with Crippen molar-refractivity contribution in [2.24, 2.45) is 23.3 Å². The molecule has 0 bridgehead atoms. The lowest BCUT2D eigenvalue weighted by atomic mass is 9.99. The minimum absolute atomic E-state index is 0.143. The maximum Gasteiger partial charge on any atom is 0.327 e. The molecule has 4 atom stereocenters. The molecule has 0 aromatic rings. The van der Waals surface area contributed by atoms with Crippen LogP contribution in [0.1, 0.15) is 40.5 Å². The van der Waals surface area contributed by atoms with Gasteiger partial charge in [0.05, 0.1) is 6.04 Å². The van der Waals surface area contributed by atoms with E-state index in [1.54, 1.807) is 27.7 Å². The van der Waals surface area contributed by atoms with E-state index in [1.807, 2.05) is 0 Å². The molecule has 0 aliphatic carbocycles. The van der Waals surface area contributed by atoms with Gasteiger partial charge in [0.25, 0.3) is 0 Å². The van der Waals surface area contributed by atoms with E-state index in [0.717, 1.165) is 0 Å². The Morgan fingerprint density at radius 1 is 0.867 bits per heavy atom. The zero-order valence-electron chi connectivity index (χ0n) is 17.7. The number of carboxylic acids is 1. The molecule has 0 saturated heterocycles. The first kappa shape index (κ1) is 27.7. The first-order valence-corrected chi connectivity index (χ1v) is 10.2. The van der Waals surface area contributed by atoms with Crippen molar-refractivity contribution >= 4 is 42.2 Å². The second-order valence-corrected chi connectivity index (χ2v) is 8.01. The van der Waals surface area contributed by atoms with Gasteiger partial charge < -0.3 is 32.5 Å². The molecule has 0 aromatic carbocycles. The molecule has 0 saturated carbocycles. The van der Waals surface area contributed by atoms with Crippen LogP contribution in [0.25, 0.3) is 0 Å². The van der Waals surface area contributed by atoms with Crippen molar-refractivity contribution in [3.63, 3.8) is 0 Å². The van der Waals surface area contributed by atoms with Crippen LogP contribution < -0.4 is 27.4 Å². The van der Waals surface area contributed by atoms with Crippen LogP contribution in [-0.2, 0) is 24.0 Å². The molecular weight excluding hydrogens is 414 g/mol. The zero-order chi connectivity index (χ0) is 23.6. The summed E-state index contributed by atoms with van der Waals surface area (Å²) >= 11 is 3.87. The molecule has 0 aromatic heterocycles. The summed E-state index contributed by atoms with van der Waals surface area (Å²) in [7, 11) is 0. The topological polar surface area (TPSA) is 194 Å². The molecule has 0 heterocycles. The molecular formula is C18H33N5O6S. The number of aliphatic carboxylic acids is 1. The molecule has 172 valence electrons. The molecule has 0 rings (SSSR count). The number of carbonyl (C=O) groups is 5. The highest BCUT2D eigenvalue weighted by Gasteiger charge is 2.32. The van der Waals surface area contributed by atoms with Crippen molar-refractivity contribution in [2.45, 2.75) is 64.7 Å². The van der Waals surface area contributed by atoms with Gasteiger partial charge in [-0.05, 0) is 18.3 Å². The fraction of sp³-hybridized carbons (Fsp3) is 0.722. The average Bonchev–Trinajstić information content (AvgIpc) is 2.65. The van der Waals surface area contributed by atoms with Gasteiger partial charge in [-0.1, -0.05) is 27.7 Å². The van der Waals surface area contributed by atoms with E-state index in [2.05, 4.69) is 28.6 Å². The van der Waals surface area contributed by atoms with Gasteiger partial charge in [-0.25, -0.2) is 4.79 Å². The Morgan fingerprint density at radius 3 is 1.80 bits per heavy atom. The number of hydrogen-bond acceptors (Lipinski definition) is 7. The van der Waals surface area contributed by atoms with E-state index in [9.17, 15) is 24.0 Å². The normalized spacial score (nSPS) is 15.1. The highest BCUT2D eigenvalue weighted by atomic mass is 32.1. The predicted octanol–water partition coefficient (Wildman–Crippen LogP) is -1.64. The molecule has 4 amide bonds. The zero-order valence-corrected chi connectivity index (χ0v) is 18.6. The van der Waals surface area contributed by atoms with Gasteiger partial charge in [-0.3, -0.25) is 19.2 Å². The number of primary amides is 1. The molecule has 0 radical (unpaired) electrons. The standard InChI is InChI=1S/C18H33N5O6S/c1-8(2)13(20)16(26)23-14(9(3)4)17(27)21-10(5-6-12(19)24)15(25)22-11(7-30)18(28)29/h8-11,13-14,30H,5-7,20H2,1-4H3,(H2,19,24)(H,21,27)(H,22,25)(H,23,26)(H,28,29). The summed E-state index contributed by atoms with van der Waals surface area (Å²) < 4.78 is 0. The molecule has 4 unspecified atom stereocenters. The maximum absolute atomic E-state index is 12.8. The monoisotopic (exact) mass is 447 g/mol. The minimum Gasteiger partial charge on any atom is -0.480 e. The molecule has 11 nitrogen and oxygen atoms in total. The largest absolute Gasteiger partial charge is 0.480 e. The number of nitrogens with one attached hydrogen (secondary N) is 3. The lowest BCUT2D eigenvalue weighted by molar-refractivity contribution is -0.141. The molecule has 8 N–H and O–H groups in total. The van der Waals surface area contributed by atoms with E-state index >= 15 is 0 Å². The maximum atomic E-state index is 12.8. The van der Waals surface area contributed by atoms with Crippen molar-refractivity contribution in [3.8, 4) is 0 Å². The number of amides is 4. The first-order chi connectivity index (χ1) is 13.8. The third-order valence-corrected chi connectivity index (χ3v) is 4.74. The van der Waals surface area contributed by atoms with Crippen molar-refractivity contribution in [1.82, 2.24) is 16.0 Å². The highest BCUT2D eigenvalue weighted by Crippen LogP contribution is 2.07. The third-order valence-electron chi connectivity index (χ3n) is 4.38. The predicted molar refractivity (Wildman–Crippen MR) is 113 cm³/mol. The van der Waals surface area contributed by atoms with Crippen LogP contribution in [0.4, 0.5) is 0 Å². The number of carbonyl (C=O) groups excluding carboxylic acids is 4. The number of nitrogens with two attached hydrogens (primary N) is 2. The van der Waals surface area contributed by atoms with Gasteiger partial charge >= 0.3 is 5.97 Å². The Bertz CT molecular complexity index is 643. The van der Waals surface area contributed by atoms with E-state index in [-0.39, 0.29) is 30.4 Å². The van der Waals surface area contributed by atoms with Gasteiger partial charge in [0, 0.05) is 12.2 Å². The Labute approximate surface area is 181 Å². The van der Waals surface area contributed by atoms with Crippen molar-refractivity contribution in [1.29, 1.82) is 0 Å². The van der Waals surface area contributed by atoms with Crippen LogP contribution in [0.3, 0.4) is 0 Å². The minimum atomic E-state index is -1.30. The van der Waals surface area contributed by atoms with Crippen molar-refractivity contribution in [2.75, 3.05) is 5.75 Å². The third kappa shape index (κ3) is 9.44. The second-order valence-electron chi connectivity index (χ2n) is 7.65. The summed E-state index contributed by atoms with van der Waals surface area (Å²) in [6, 6.07) is -4.33. The van der Waals surface area contributed by atoms with Crippen LogP contribution in [0.15, 0.2) is 0 Å². The summed E-state index contributed by atoms with van der Waals surface area (Å²) in [6.45, 7) is 6.93. The molecule has 0 aliphatic rings. The average molecular weight is 448 g/mol. The molecule has 0 spiro atoms. The Balaban J connectivity index is 5.42. The highest BCUT2D eigenvalue weighted by molar-refractivity contribution is 7.80. The van der Waals surface area contributed by atoms with E-state index in [4.69, 9.17) is 16.6 Å². The molecule has 0 fully saturated rings. The van der Waals surface area contributed by atoms with Gasteiger partial charge in [-0.15, -0.1) is 0 Å². The fourth-order valence-electron chi connectivity index (χ4n) is 2.36. The quantitative estimate of drug-likeness (QED) is 0.164. The first-order valence-electron chi connectivity index (χ1n) is 9.60. The van der Waals surface area contributed by atoms with Crippen LogP contribution >= 0.6 is 12.6 Å². The Hall–Kier alpha value is -2.34. The fourth-order valence-corrected chi connectivity index (χ4v) is 2.61. The molecule has 30 heavy (non-hydrogen) atoms. The van der Waals surface area contributed by atoms with E-state index in [1.165, 1.54) is 0 Å². The number of hydrogen-bond donors (Lipinski definition) is 7. The summed E-state index contributed by atoms with van der Waals surface area (Å²) in [5.74, 6) is -4.64. The van der Waals surface area contributed by atoms with Crippen molar-refractivity contribution < 1.29 is 29.1 Å². The summed E-state index contributed by atoms with van der Waals surface area (Å²) in [5, 5.41) is 16.4. The van der Waals surface area contributed by atoms with Crippen LogP contribution in [0.5, 0.6) is 0 Å². The Kier molecular flexibility index (Phi) is 12.0. The van der Waals surface area contributed by atoms with E-state index in [0.29, 0.717) is 0 Å². The second kappa shape index (κ2) is 13.1. The molecule has 12 heteroatoms. The van der Waals surface area contributed by atoms with Gasteiger partial charge in [0.1, 0.15) is 18.1 Å².